The summed E-state index contributed by atoms with van der Waals surface area (Å²) in [5.41, 5.74) is 0.980. The molecule has 0 atom stereocenters. The summed E-state index contributed by atoms with van der Waals surface area (Å²) in [5, 5.41) is 20.3. The molecule has 0 unspecified atom stereocenters. The van der Waals surface area contributed by atoms with Crippen LogP contribution in [0.4, 0.5) is 11.4 Å². The number of rotatable bonds is 11. The molecule has 3 rings (SSSR count). The van der Waals surface area contributed by atoms with Gasteiger partial charge in [-0.1, -0.05) is 6.07 Å². The molecule has 0 saturated heterocycles. The van der Waals surface area contributed by atoms with E-state index in [1.54, 1.807) is 32.4 Å². The molecule has 33 heavy (non-hydrogen) atoms. The second kappa shape index (κ2) is 11.6. The molecule has 2 N–H and O–H groups in total. The third kappa shape index (κ3) is 6.39. The zero-order valence-electron chi connectivity index (χ0n) is 17.8. The number of ether oxygens (including phenoxy) is 3. The molecule has 174 valence electrons. The molecule has 0 radical (unpaired) electrons. The molecule has 0 fully saturated rings. The van der Waals surface area contributed by atoms with Gasteiger partial charge in [0.2, 0.25) is 0 Å². The van der Waals surface area contributed by atoms with Gasteiger partial charge < -0.3 is 19.5 Å². The van der Waals surface area contributed by atoms with Crippen LogP contribution in [0, 0.1) is 10.1 Å². The van der Waals surface area contributed by atoms with E-state index in [2.05, 4.69) is 31.4 Å². The first kappa shape index (κ1) is 24.4. The second-order valence-electron chi connectivity index (χ2n) is 6.54. The average molecular weight is 537 g/mol. The first-order chi connectivity index (χ1) is 15.9. The van der Waals surface area contributed by atoms with Gasteiger partial charge in [0.05, 0.1) is 25.7 Å². The highest BCUT2D eigenvalue weighted by molar-refractivity contribution is 9.10. The number of methoxy groups -OCH3 is 2. The van der Waals surface area contributed by atoms with E-state index in [4.69, 9.17) is 14.2 Å². The molecule has 1 heterocycles. The molecule has 0 aliphatic heterocycles. The van der Waals surface area contributed by atoms with Gasteiger partial charge >= 0.3 is 0 Å². The number of nitrogens with one attached hydrogen (secondary N) is 2. The Morgan fingerprint density at radius 3 is 2.55 bits per heavy atom. The zero-order valence-corrected chi connectivity index (χ0v) is 20.2. The fraction of sp³-hybridized carbons (Fsp3) is 0.238. The van der Waals surface area contributed by atoms with Crippen molar-refractivity contribution in [1.82, 2.24) is 10.2 Å². The highest BCUT2D eigenvalue weighted by Crippen LogP contribution is 2.31. The van der Waals surface area contributed by atoms with Crippen LogP contribution < -0.4 is 25.1 Å². The van der Waals surface area contributed by atoms with Gasteiger partial charge in [0.25, 0.3) is 17.1 Å². The number of nitrogens with zero attached hydrogens (tertiary/aromatic N) is 2. The van der Waals surface area contributed by atoms with Gasteiger partial charge in [-0.15, -0.1) is 16.9 Å². The van der Waals surface area contributed by atoms with Crippen LogP contribution in [0.1, 0.15) is 5.56 Å². The number of aromatic nitrogens is 2. The molecule has 3 aromatic rings. The maximum Gasteiger partial charge on any atom is 0.280 e. The number of hydrogen-bond donors (Lipinski definition) is 2. The van der Waals surface area contributed by atoms with Gasteiger partial charge in [0, 0.05) is 29.3 Å². The Bertz CT molecular complexity index is 1170. The largest absolute Gasteiger partial charge is 0.493 e. The molecule has 0 amide bonds. The SMILES string of the molecule is COc1ccc(CNc2c(OCCSc3ccc([N+](=O)[O-])cc3)n[nH]c(=O)c2Br)cc1OC. The summed E-state index contributed by atoms with van der Waals surface area (Å²) in [7, 11) is 3.13. The molecule has 1 aromatic heterocycles. The molecular weight excluding hydrogens is 516 g/mol. The van der Waals surface area contributed by atoms with Crippen molar-refractivity contribution >= 4 is 39.1 Å². The minimum atomic E-state index is -0.437. The first-order valence-corrected chi connectivity index (χ1v) is 11.4. The number of thioether (sulfide) groups is 1. The zero-order chi connectivity index (χ0) is 23.8. The topological polar surface area (TPSA) is 129 Å². The normalized spacial score (nSPS) is 10.5. The van der Waals surface area contributed by atoms with E-state index in [0.717, 1.165) is 10.5 Å². The average Bonchev–Trinajstić information content (AvgIpc) is 2.83. The summed E-state index contributed by atoms with van der Waals surface area (Å²) in [6.45, 7) is 0.691. The predicted molar refractivity (Wildman–Crippen MR) is 129 cm³/mol. The first-order valence-electron chi connectivity index (χ1n) is 9.66. The Kier molecular flexibility index (Phi) is 8.55. The van der Waals surface area contributed by atoms with E-state index in [9.17, 15) is 14.9 Å². The Morgan fingerprint density at radius 1 is 1.15 bits per heavy atom. The van der Waals surface area contributed by atoms with Gasteiger partial charge in [0.1, 0.15) is 10.2 Å². The molecular formula is C21H21BrN4O6S. The van der Waals surface area contributed by atoms with Crippen molar-refractivity contribution in [3.63, 3.8) is 0 Å². The van der Waals surface area contributed by atoms with Crippen LogP contribution in [-0.2, 0) is 6.54 Å². The van der Waals surface area contributed by atoms with Gasteiger partial charge in [-0.25, -0.2) is 5.10 Å². The number of halogens is 1. The van der Waals surface area contributed by atoms with Crippen molar-refractivity contribution in [2.45, 2.75) is 11.4 Å². The van der Waals surface area contributed by atoms with Crippen molar-refractivity contribution in [2.24, 2.45) is 0 Å². The summed E-state index contributed by atoms with van der Waals surface area (Å²) in [6, 6.07) is 11.8. The van der Waals surface area contributed by atoms with Crippen LogP contribution in [0.25, 0.3) is 0 Å². The van der Waals surface area contributed by atoms with E-state index in [0.29, 0.717) is 36.1 Å². The number of aromatic amines is 1. The number of hydrogen-bond acceptors (Lipinski definition) is 9. The Morgan fingerprint density at radius 2 is 1.88 bits per heavy atom. The highest BCUT2D eigenvalue weighted by Gasteiger charge is 2.14. The molecule has 12 heteroatoms. The van der Waals surface area contributed by atoms with E-state index in [1.165, 1.54) is 23.9 Å². The fourth-order valence-corrected chi connectivity index (χ4v) is 3.94. The number of nitro benzene ring substituents is 1. The van der Waals surface area contributed by atoms with Crippen molar-refractivity contribution < 1.29 is 19.1 Å². The third-order valence-electron chi connectivity index (χ3n) is 4.45. The van der Waals surface area contributed by atoms with Crippen LogP contribution in [0.15, 0.2) is 56.6 Å². The number of anilines is 1. The van der Waals surface area contributed by atoms with Crippen LogP contribution >= 0.6 is 27.7 Å². The van der Waals surface area contributed by atoms with Crippen molar-refractivity contribution in [3.05, 3.63) is 73.0 Å². The monoisotopic (exact) mass is 536 g/mol. The van der Waals surface area contributed by atoms with Gasteiger partial charge in [0.15, 0.2) is 11.5 Å². The van der Waals surface area contributed by atoms with Crippen LogP contribution in [0.5, 0.6) is 17.4 Å². The van der Waals surface area contributed by atoms with Crippen LogP contribution in [0.2, 0.25) is 0 Å². The fourth-order valence-electron chi connectivity index (χ4n) is 2.81. The van der Waals surface area contributed by atoms with E-state index in [1.807, 2.05) is 12.1 Å². The van der Waals surface area contributed by atoms with Gasteiger partial charge in [-0.2, -0.15) is 0 Å². The summed E-state index contributed by atoms with van der Waals surface area (Å²) in [5.74, 6) is 2.03. The molecule has 0 aliphatic carbocycles. The summed E-state index contributed by atoms with van der Waals surface area (Å²) in [4.78, 5) is 23.2. The lowest BCUT2D eigenvalue weighted by molar-refractivity contribution is -0.384. The predicted octanol–water partition coefficient (Wildman–Crippen LogP) is 4.24. The summed E-state index contributed by atoms with van der Waals surface area (Å²) < 4.78 is 16.6. The molecule has 0 bridgehead atoms. The number of nitro groups is 1. The van der Waals surface area contributed by atoms with Crippen molar-refractivity contribution in [1.29, 1.82) is 0 Å². The summed E-state index contributed by atoms with van der Waals surface area (Å²) in [6.07, 6.45) is 0. The minimum absolute atomic E-state index is 0.0445. The molecule has 0 aliphatic rings. The quantitative estimate of drug-likeness (QED) is 0.160. The van der Waals surface area contributed by atoms with Gasteiger partial charge in [-0.05, 0) is 45.8 Å². The lowest BCUT2D eigenvalue weighted by atomic mass is 10.2. The van der Waals surface area contributed by atoms with E-state index >= 15 is 0 Å². The molecule has 0 saturated carbocycles. The van der Waals surface area contributed by atoms with Crippen LogP contribution in [-0.4, -0.2) is 41.7 Å². The standard InChI is InChI=1S/C21H21BrN4O6S/c1-30-16-8-3-13(11-17(16)31-2)12-23-19-18(22)20(27)24-25-21(19)32-9-10-33-15-6-4-14(5-7-15)26(28)29/h3-8,11H,9-10,12H2,1-2H3,(H2,23,24,27). The Labute approximate surface area is 201 Å². The van der Waals surface area contributed by atoms with Crippen LogP contribution in [0.3, 0.4) is 0 Å². The van der Waals surface area contributed by atoms with Gasteiger partial charge in [-0.3, -0.25) is 14.9 Å². The van der Waals surface area contributed by atoms with Crippen molar-refractivity contribution in [3.8, 4) is 17.4 Å². The van der Waals surface area contributed by atoms with Crippen molar-refractivity contribution in [2.75, 3.05) is 31.9 Å². The smallest absolute Gasteiger partial charge is 0.280 e. The lowest BCUT2D eigenvalue weighted by Gasteiger charge is -2.14. The molecule has 2 aromatic carbocycles. The number of benzene rings is 2. The Hall–Kier alpha value is -3.25. The number of H-pyrrole nitrogens is 1. The maximum absolute atomic E-state index is 12.0. The third-order valence-corrected chi connectivity index (χ3v) is 6.18. The highest BCUT2D eigenvalue weighted by atomic mass is 79.9. The lowest BCUT2D eigenvalue weighted by Crippen LogP contribution is -2.16. The minimum Gasteiger partial charge on any atom is -0.493 e. The Balaban J connectivity index is 1.63. The second-order valence-corrected chi connectivity index (χ2v) is 8.50. The molecule has 10 nitrogen and oxygen atoms in total. The maximum atomic E-state index is 12.0. The summed E-state index contributed by atoms with van der Waals surface area (Å²) >= 11 is 4.77. The number of non-ortho nitro benzene ring substituents is 1. The van der Waals surface area contributed by atoms with E-state index < -0.39 is 10.5 Å². The van der Waals surface area contributed by atoms with E-state index in [-0.39, 0.29) is 16.0 Å². The molecule has 0 spiro atoms.